The van der Waals surface area contributed by atoms with E-state index in [-0.39, 0.29) is 45.5 Å². The van der Waals surface area contributed by atoms with Crippen LogP contribution in [0.4, 0.5) is 11.4 Å². The Balaban J connectivity index is 0.000000688. The van der Waals surface area contributed by atoms with Crippen LogP contribution >= 0.6 is 11.6 Å². The number of rotatable bonds is 12. The van der Waals surface area contributed by atoms with Gasteiger partial charge in [0.1, 0.15) is 5.69 Å². The lowest BCUT2D eigenvalue weighted by Crippen LogP contribution is -2.28. The number of nitrogens with zero attached hydrogens (tertiary/aromatic N) is 3. The molecular formula is C38H50ClN5O7. The van der Waals surface area contributed by atoms with Gasteiger partial charge in [-0.3, -0.25) is 14.5 Å². The standard InChI is InChI=1S/C26H26ClN3O5.C8H16N2O2.C2H6.C2H2/c1-14(12-27)22-17-8-6-5-7-16(17)18(28-13-31)11-20(22)30(2)26(33)19-9-15-10-21(34-3)24(32)25(35-4)23(15)29-19;1-5-6-7(2)8(9(3)4)10(11)12;2*1-2/h5-11,13-14,29,32H,12H2,1-4H3,(H,28,31);5-6H2,1-4H3;1-2H3;1-2H/b;8-7-;;. The minimum Gasteiger partial charge on any atom is -0.502 e. The second-order valence-electron chi connectivity index (χ2n) is 11.2. The summed E-state index contributed by atoms with van der Waals surface area (Å²) in [5.41, 5.74) is 3.71. The number of carbonyl (C=O) groups is 2. The molecule has 0 spiro atoms. The maximum atomic E-state index is 13.7. The number of halogens is 1. The topological polar surface area (TPSA) is 150 Å². The SMILES string of the molecule is C#C.CC.CCC/C(C)=C(/N(C)C)[N+](=O)[O-].COc1cc2cc(C(=O)N(C)c3cc(NC=O)c4ccccc4c3C(C)CCl)[nH]c2c(OC)c1O. The number of ether oxygens (including phenoxy) is 2. The van der Waals surface area contributed by atoms with Gasteiger partial charge in [0.15, 0.2) is 11.5 Å². The molecular weight excluding hydrogens is 674 g/mol. The van der Waals surface area contributed by atoms with Gasteiger partial charge >= 0.3 is 5.82 Å². The van der Waals surface area contributed by atoms with E-state index in [2.05, 4.69) is 23.1 Å². The summed E-state index contributed by atoms with van der Waals surface area (Å²) >= 11 is 6.26. The number of fused-ring (bicyclic) bond motifs is 2. The Morgan fingerprint density at radius 3 is 2.22 bits per heavy atom. The van der Waals surface area contributed by atoms with Gasteiger partial charge in [-0.2, -0.15) is 0 Å². The number of hydrogen-bond donors (Lipinski definition) is 3. The van der Waals surface area contributed by atoms with Crippen molar-refractivity contribution in [3.05, 3.63) is 75.2 Å². The predicted octanol–water partition coefficient (Wildman–Crippen LogP) is 8.36. The van der Waals surface area contributed by atoms with Crippen molar-refractivity contribution in [1.82, 2.24) is 9.88 Å². The summed E-state index contributed by atoms with van der Waals surface area (Å²) in [5, 5.41) is 26.1. The molecule has 276 valence electrons. The highest BCUT2D eigenvalue weighted by molar-refractivity contribution is 6.19. The number of nitro groups is 1. The molecule has 0 bridgehead atoms. The van der Waals surface area contributed by atoms with E-state index >= 15 is 0 Å². The number of anilines is 2. The minimum atomic E-state index is -0.328. The van der Waals surface area contributed by atoms with Gasteiger partial charge in [-0.05, 0) is 53.3 Å². The van der Waals surface area contributed by atoms with Crippen molar-refractivity contribution in [2.75, 3.05) is 51.5 Å². The van der Waals surface area contributed by atoms with Crippen molar-refractivity contribution in [2.45, 2.75) is 53.4 Å². The Morgan fingerprint density at radius 1 is 1.12 bits per heavy atom. The van der Waals surface area contributed by atoms with Crippen LogP contribution in [0.5, 0.6) is 17.2 Å². The number of amides is 2. The highest BCUT2D eigenvalue weighted by Gasteiger charge is 2.25. The Hall–Kier alpha value is -5.41. The molecule has 0 radical (unpaired) electrons. The average molecular weight is 724 g/mol. The lowest BCUT2D eigenvalue weighted by molar-refractivity contribution is -0.445. The van der Waals surface area contributed by atoms with Crippen molar-refractivity contribution in [3.63, 3.8) is 0 Å². The van der Waals surface area contributed by atoms with Crippen LogP contribution < -0.4 is 19.7 Å². The second-order valence-corrected chi connectivity index (χ2v) is 11.5. The molecule has 12 nitrogen and oxygen atoms in total. The van der Waals surface area contributed by atoms with Crippen molar-refractivity contribution in [2.24, 2.45) is 0 Å². The first-order valence-electron chi connectivity index (χ1n) is 16.3. The predicted molar refractivity (Wildman–Crippen MR) is 208 cm³/mol. The molecule has 4 aromatic rings. The van der Waals surface area contributed by atoms with E-state index in [9.17, 15) is 24.8 Å². The van der Waals surface area contributed by atoms with Crippen LogP contribution in [-0.2, 0) is 4.79 Å². The van der Waals surface area contributed by atoms with Crippen LogP contribution in [0, 0.1) is 23.0 Å². The third kappa shape index (κ3) is 10.1. The van der Waals surface area contributed by atoms with Crippen LogP contribution in [0.25, 0.3) is 21.7 Å². The summed E-state index contributed by atoms with van der Waals surface area (Å²) in [6, 6.07) is 12.8. The largest absolute Gasteiger partial charge is 0.502 e. The fourth-order valence-electron chi connectivity index (χ4n) is 5.60. The van der Waals surface area contributed by atoms with Gasteiger partial charge in [0.05, 0.1) is 39.5 Å². The average Bonchev–Trinajstić information content (AvgIpc) is 3.56. The molecule has 1 heterocycles. The third-order valence-electron chi connectivity index (χ3n) is 7.74. The number of H-pyrrole nitrogens is 1. The zero-order chi connectivity index (χ0) is 39.0. The van der Waals surface area contributed by atoms with E-state index < -0.39 is 0 Å². The van der Waals surface area contributed by atoms with Gasteiger partial charge in [-0.15, -0.1) is 24.4 Å². The number of aromatic hydroxyl groups is 1. The molecule has 3 N–H and O–H groups in total. The highest BCUT2D eigenvalue weighted by atomic mass is 35.5. The van der Waals surface area contributed by atoms with Gasteiger partial charge in [-0.1, -0.05) is 58.4 Å². The van der Waals surface area contributed by atoms with Crippen molar-refractivity contribution in [1.29, 1.82) is 0 Å². The zero-order valence-corrected chi connectivity index (χ0v) is 31.8. The Morgan fingerprint density at radius 2 is 1.73 bits per heavy atom. The number of allylic oxidation sites excluding steroid dienone is 1. The van der Waals surface area contributed by atoms with E-state index in [4.69, 9.17) is 21.1 Å². The number of nitrogens with one attached hydrogen (secondary N) is 2. The second kappa shape index (κ2) is 21.0. The molecule has 0 aliphatic carbocycles. The van der Waals surface area contributed by atoms with Gasteiger partial charge in [0.25, 0.3) is 5.91 Å². The first-order valence-corrected chi connectivity index (χ1v) is 16.8. The molecule has 4 rings (SSSR count). The van der Waals surface area contributed by atoms with Crippen LogP contribution in [0.3, 0.4) is 0 Å². The van der Waals surface area contributed by atoms with E-state index in [0.29, 0.717) is 34.6 Å². The minimum absolute atomic E-state index is 0.0684. The molecule has 0 aliphatic rings. The number of benzene rings is 3. The zero-order valence-electron chi connectivity index (χ0n) is 31.1. The smallest absolute Gasteiger partial charge is 0.316 e. The summed E-state index contributed by atoms with van der Waals surface area (Å²) in [6.07, 6.45) is 10.3. The van der Waals surface area contributed by atoms with Crippen LogP contribution in [0.1, 0.15) is 69.4 Å². The molecule has 0 saturated carbocycles. The molecule has 0 aliphatic heterocycles. The van der Waals surface area contributed by atoms with Crippen molar-refractivity contribution < 1.29 is 29.1 Å². The first-order chi connectivity index (χ1) is 24.4. The number of methoxy groups -OCH3 is 2. The molecule has 13 heteroatoms. The Kier molecular flexibility index (Phi) is 17.9. The van der Waals surface area contributed by atoms with Gasteiger partial charge in [0, 0.05) is 35.0 Å². The Labute approximate surface area is 305 Å². The molecule has 51 heavy (non-hydrogen) atoms. The normalized spacial score (nSPS) is 11.2. The van der Waals surface area contributed by atoms with E-state index in [1.165, 1.54) is 19.1 Å². The molecule has 1 aromatic heterocycles. The van der Waals surface area contributed by atoms with Crippen LogP contribution in [0.15, 0.2) is 53.9 Å². The highest BCUT2D eigenvalue weighted by Crippen LogP contribution is 2.43. The molecule has 3 aromatic carbocycles. The van der Waals surface area contributed by atoms with Gasteiger partial charge in [-0.25, -0.2) is 0 Å². The van der Waals surface area contributed by atoms with Crippen molar-refractivity contribution in [3.8, 4) is 30.1 Å². The van der Waals surface area contributed by atoms with Crippen LogP contribution in [0.2, 0.25) is 0 Å². The summed E-state index contributed by atoms with van der Waals surface area (Å²) < 4.78 is 10.6. The number of aromatic nitrogens is 1. The number of carbonyl (C=O) groups excluding carboxylic acids is 2. The number of aromatic amines is 1. The summed E-state index contributed by atoms with van der Waals surface area (Å²) in [4.78, 5) is 41.3. The summed E-state index contributed by atoms with van der Waals surface area (Å²) in [6.45, 7) is 9.81. The van der Waals surface area contributed by atoms with Crippen molar-refractivity contribution >= 4 is 57.0 Å². The number of phenolic OH excluding ortho intramolecular Hbond substituents is 1. The number of phenols is 1. The summed E-state index contributed by atoms with van der Waals surface area (Å²) in [7, 11) is 7.92. The lowest BCUT2D eigenvalue weighted by Gasteiger charge is -2.26. The third-order valence-corrected chi connectivity index (χ3v) is 8.20. The summed E-state index contributed by atoms with van der Waals surface area (Å²) in [5.74, 6) is 0.435. The molecule has 2 amide bonds. The van der Waals surface area contributed by atoms with E-state index in [1.807, 2.05) is 58.9 Å². The number of hydrogen-bond acceptors (Lipinski definition) is 8. The lowest BCUT2D eigenvalue weighted by atomic mass is 9.92. The first kappa shape index (κ1) is 43.6. The monoisotopic (exact) mass is 723 g/mol. The fourth-order valence-corrected chi connectivity index (χ4v) is 5.75. The quantitative estimate of drug-likeness (QED) is 0.0434. The van der Waals surface area contributed by atoms with Gasteiger partial charge in [0.2, 0.25) is 12.2 Å². The molecule has 0 saturated heterocycles. The van der Waals surface area contributed by atoms with Crippen LogP contribution in [-0.4, -0.2) is 73.5 Å². The Bertz CT molecular complexity index is 1850. The molecule has 0 fully saturated rings. The number of terminal acetylenes is 1. The maximum Gasteiger partial charge on any atom is 0.316 e. The maximum absolute atomic E-state index is 13.7. The van der Waals surface area contributed by atoms with E-state index in [0.717, 1.165) is 34.8 Å². The number of alkyl halides is 1. The van der Waals surface area contributed by atoms with Gasteiger partial charge < -0.3 is 39.9 Å². The van der Waals surface area contributed by atoms with E-state index in [1.54, 1.807) is 44.2 Å². The molecule has 1 atom stereocenters. The fraction of sp³-hybridized carbons (Fsp3) is 0.368. The molecule has 1 unspecified atom stereocenters.